The molecule has 1 aliphatic carbocycles. The zero-order valence-electron chi connectivity index (χ0n) is 13.3. The highest BCUT2D eigenvalue weighted by Gasteiger charge is 2.20. The number of carbonyl (C=O) groups excluding carboxylic acids is 1. The third-order valence-corrected chi connectivity index (χ3v) is 3.75. The van der Waals surface area contributed by atoms with Crippen molar-refractivity contribution in [1.82, 2.24) is 0 Å². The minimum Gasteiger partial charge on any atom is -0.496 e. The van der Waals surface area contributed by atoms with Gasteiger partial charge in [-0.2, -0.15) is 0 Å². The zero-order valence-corrected chi connectivity index (χ0v) is 13.3. The normalized spacial score (nSPS) is 17.0. The van der Waals surface area contributed by atoms with Gasteiger partial charge in [-0.3, -0.25) is 0 Å². The molecular weight excluding hydrogens is 284 g/mol. The second kappa shape index (κ2) is 7.73. The molecule has 22 heavy (non-hydrogen) atoms. The average Bonchev–Trinajstić information content (AvgIpc) is 2.59. The first kappa shape index (κ1) is 16.2. The summed E-state index contributed by atoms with van der Waals surface area (Å²) in [5.74, 6) is 1.36. The maximum atomic E-state index is 12.3. The second-order valence-corrected chi connectivity index (χ2v) is 5.16. The molecule has 0 saturated carbocycles. The summed E-state index contributed by atoms with van der Waals surface area (Å²) in [5, 5.41) is 0. The molecule has 0 bridgehead atoms. The Hall–Kier alpha value is -2.17. The van der Waals surface area contributed by atoms with E-state index in [4.69, 9.17) is 18.9 Å². The summed E-state index contributed by atoms with van der Waals surface area (Å²) < 4.78 is 21.1. The average molecular weight is 306 g/mol. The lowest BCUT2D eigenvalue weighted by molar-refractivity contribution is 0.0428. The zero-order chi connectivity index (χ0) is 15.9. The predicted molar refractivity (Wildman–Crippen MR) is 82.9 cm³/mol. The van der Waals surface area contributed by atoms with Gasteiger partial charge in [0.15, 0.2) is 11.5 Å². The smallest absolute Gasteiger partial charge is 0.342 e. The monoisotopic (exact) mass is 306 g/mol. The molecule has 0 radical (unpaired) electrons. The van der Waals surface area contributed by atoms with Crippen molar-refractivity contribution >= 4 is 5.97 Å². The molecule has 0 aliphatic heterocycles. The van der Waals surface area contributed by atoms with E-state index < -0.39 is 5.97 Å². The first-order chi connectivity index (χ1) is 10.7. The number of hydrogen-bond acceptors (Lipinski definition) is 5. The molecule has 0 fully saturated rings. The molecule has 0 heterocycles. The first-order valence-electron chi connectivity index (χ1n) is 7.31. The van der Waals surface area contributed by atoms with Crippen LogP contribution in [0.15, 0.2) is 24.3 Å². The lowest BCUT2D eigenvalue weighted by atomic mass is 9.95. The Balaban J connectivity index is 2.11. The van der Waals surface area contributed by atoms with Crippen molar-refractivity contribution in [2.24, 2.45) is 5.92 Å². The van der Waals surface area contributed by atoms with Crippen LogP contribution in [0, 0.1) is 5.92 Å². The number of carbonyl (C=O) groups is 1. The minimum absolute atomic E-state index is 0.339. The van der Waals surface area contributed by atoms with E-state index in [0.717, 1.165) is 19.3 Å². The van der Waals surface area contributed by atoms with Crippen LogP contribution in [0.4, 0.5) is 0 Å². The van der Waals surface area contributed by atoms with Crippen molar-refractivity contribution in [2.45, 2.75) is 19.3 Å². The third-order valence-electron chi connectivity index (χ3n) is 3.75. The molecule has 1 atom stereocenters. The summed E-state index contributed by atoms with van der Waals surface area (Å²) in [6.07, 6.45) is 7.35. The summed E-state index contributed by atoms with van der Waals surface area (Å²) in [6, 6.07) is 3.21. The largest absolute Gasteiger partial charge is 0.496 e. The Kier molecular flexibility index (Phi) is 5.69. The van der Waals surface area contributed by atoms with E-state index >= 15 is 0 Å². The first-order valence-corrected chi connectivity index (χ1v) is 7.31. The molecule has 0 saturated heterocycles. The van der Waals surface area contributed by atoms with E-state index in [2.05, 4.69) is 12.2 Å². The van der Waals surface area contributed by atoms with Gasteiger partial charge in [-0.1, -0.05) is 12.2 Å². The Morgan fingerprint density at radius 1 is 1.05 bits per heavy atom. The van der Waals surface area contributed by atoms with E-state index in [1.165, 1.54) is 21.3 Å². The Bertz CT molecular complexity index is 550. The van der Waals surface area contributed by atoms with Gasteiger partial charge in [-0.15, -0.1) is 0 Å². The molecule has 0 amide bonds. The number of benzene rings is 1. The topological polar surface area (TPSA) is 54.0 Å². The molecule has 120 valence electrons. The van der Waals surface area contributed by atoms with E-state index in [-0.39, 0.29) is 0 Å². The minimum atomic E-state index is -0.410. The Morgan fingerprint density at radius 3 is 2.32 bits per heavy atom. The maximum absolute atomic E-state index is 12.3. The molecule has 5 nitrogen and oxygen atoms in total. The van der Waals surface area contributed by atoms with Crippen LogP contribution < -0.4 is 14.2 Å². The number of esters is 1. The maximum Gasteiger partial charge on any atom is 0.342 e. The highest BCUT2D eigenvalue weighted by molar-refractivity contribution is 5.93. The molecule has 1 aromatic rings. The van der Waals surface area contributed by atoms with Gasteiger partial charge < -0.3 is 18.9 Å². The molecule has 1 unspecified atom stereocenters. The van der Waals surface area contributed by atoms with Crippen molar-refractivity contribution < 1.29 is 23.7 Å². The number of methoxy groups -OCH3 is 3. The van der Waals surface area contributed by atoms with E-state index in [1.807, 2.05) is 0 Å². The van der Waals surface area contributed by atoms with Crippen molar-refractivity contribution in [1.29, 1.82) is 0 Å². The van der Waals surface area contributed by atoms with Gasteiger partial charge in [0, 0.05) is 12.1 Å². The van der Waals surface area contributed by atoms with Crippen LogP contribution in [0.1, 0.15) is 29.6 Å². The Labute approximate surface area is 130 Å². The highest BCUT2D eigenvalue weighted by Crippen LogP contribution is 2.35. The van der Waals surface area contributed by atoms with Crippen LogP contribution in [0.2, 0.25) is 0 Å². The van der Waals surface area contributed by atoms with Gasteiger partial charge in [-0.05, 0) is 25.2 Å². The van der Waals surface area contributed by atoms with E-state index in [0.29, 0.717) is 35.3 Å². The fourth-order valence-electron chi connectivity index (χ4n) is 2.47. The van der Waals surface area contributed by atoms with Crippen LogP contribution in [-0.2, 0) is 4.74 Å². The summed E-state index contributed by atoms with van der Waals surface area (Å²) >= 11 is 0. The standard InChI is InChI=1S/C17H22O5/c1-19-14-10-16(21-3)15(20-2)9-13(14)17(18)22-11-12-7-5-4-6-8-12/h4-5,9-10,12H,6-8,11H2,1-3H3. The molecule has 0 N–H and O–H groups in total. The van der Waals surface area contributed by atoms with Crippen LogP contribution >= 0.6 is 0 Å². The molecule has 0 aromatic heterocycles. The number of hydrogen-bond donors (Lipinski definition) is 0. The fraction of sp³-hybridized carbons (Fsp3) is 0.471. The van der Waals surface area contributed by atoms with Gasteiger partial charge in [0.1, 0.15) is 11.3 Å². The Morgan fingerprint density at radius 2 is 1.73 bits per heavy atom. The second-order valence-electron chi connectivity index (χ2n) is 5.16. The summed E-state index contributed by atoms with van der Waals surface area (Å²) in [5.41, 5.74) is 0.339. The van der Waals surface area contributed by atoms with Gasteiger partial charge >= 0.3 is 5.97 Å². The third kappa shape index (κ3) is 3.72. The highest BCUT2D eigenvalue weighted by atomic mass is 16.5. The fourth-order valence-corrected chi connectivity index (χ4v) is 2.47. The van der Waals surface area contributed by atoms with Crippen LogP contribution in [0.25, 0.3) is 0 Å². The van der Waals surface area contributed by atoms with Crippen molar-refractivity contribution in [3.8, 4) is 17.2 Å². The van der Waals surface area contributed by atoms with Gasteiger partial charge in [0.2, 0.25) is 0 Å². The van der Waals surface area contributed by atoms with Crippen LogP contribution in [0.3, 0.4) is 0 Å². The molecule has 0 spiro atoms. The van der Waals surface area contributed by atoms with Crippen molar-refractivity contribution in [2.75, 3.05) is 27.9 Å². The lowest BCUT2D eigenvalue weighted by Gasteiger charge is -2.18. The van der Waals surface area contributed by atoms with Gasteiger partial charge in [0.05, 0.1) is 27.9 Å². The number of ether oxygens (including phenoxy) is 4. The van der Waals surface area contributed by atoms with Crippen LogP contribution in [0.5, 0.6) is 17.2 Å². The van der Waals surface area contributed by atoms with E-state index in [9.17, 15) is 4.79 Å². The quantitative estimate of drug-likeness (QED) is 0.596. The molecular formula is C17H22O5. The predicted octanol–water partition coefficient (Wildman–Crippen LogP) is 3.23. The summed E-state index contributed by atoms with van der Waals surface area (Å²) in [4.78, 5) is 12.3. The van der Waals surface area contributed by atoms with Crippen molar-refractivity contribution in [3.63, 3.8) is 0 Å². The molecule has 2 rings (SSSR count). The number of rotatable bonds is 6. The molecule has 1 aromatic carbocycles. The van der Waals surface area contributed by atoms with Gasteiger partial charge in [-0.25, -0.2) is 4.79 Å². The lowest BCUT2D eigenvalue weighted by Crippen LogP contribution is -2.16. The van der Waals surface area contributed by atoms with Crippen molar-refractivity contribution in [3.05, 3.63) is 29.8 Å². The summed E-state index contributed by atoms with van der Waals surface area (Å²) in [7, 11) is 4.56. The summed E-state index contributed by atoms with van der Waals surface area (Å²) in [6.45, 7) is 0.417. The number of allylic oxidation sites excluding steroid dienone is 2. The van der Waals surface area contributed by atoms with Crippen LogP contribution in [-0.4, -0.2) is 33.9 Å². The molecule has 5 heteroatoms. The van der Waals surface area contributed by atoms with Gasteiger partial charge in [0.25, 0.3) is 0 Å². The molecule has 1 aliphatic rings. The SMILES string of the molecule is COc1cc(OC)c(C(=O)OCC2CC=CCC2)cc1OC. The van der Waals surface area contributed by atoms with E-state index in [1.54, 1.807) is 12.1 Å².